The molecule has 1 heterocycles. The largest absolute Gasteiger partial charge is 0.481 e. The van der Waals surface area contributed by atoms with Crippen LogP contribution in [0.4, 0.5) is 5.69 Å². The zero-order valence-electron chi connectivity index (χ0n) is 12.7. The van der Waals surface area contributed by atoms with Crippen molar-refractivity contribution in [3.05, 3.63) is 29.3 Å². The number of aliphatic carboxylic acids is 1. The summed E-state index contributed by atoms with van der Waals surface area (Å²) in [5.74, 6) is -0.673. The number of anilines is 1. The monoisotopic (exact) mass is 286 g/mol. The molecule has 0 amide bonds. The van der Waals surface area contributed by atoms with E-state index in [1.54, 1.807) is 0 Å². The normalized spacial score (nSPS) is 17.3. The molecule has 0 radical (unpaired) electrons. The third kappa shape index (κ3) is 3.02. The average Bonchev–Trinajstić information content (AvgIpc) is 2.48. The van der Waals surface area contributed by atoms with Crippen molar-refractivity contribution in [2.24, 2.45) is 5.41 Å². The highest BCUT2D eigenvalue weighted by Crippen LogP contribution is 2.38. The SMILES string of the molecule is CCCC1(C(=O)O)CCN(c2ccc(C)cc2C#N)CC1. The predicted molar refractivity (Wildman–Crippen MR) is 82.3 cm³/mol. The highest BCUT2D eigenvalue weighted by molar-refractivity contribution is 5.75. The van der Waals surface area contributed by atoms with Crippen LogP contribution in [0, 0.1) is 23.7 Å². The van der Waals surface area contributed by atoms with Gasteiger partial charge in [0.1, 0.15) is 6.07 Å². The second-order valence-electron chi connectivity index (χ2n) is 5.95. The zero-order valence-corrected chi connectivity index (χ0v) is 12.7. The molecule has 1 aromatic rings. The standard InChI is InChI=1S/C17H22N2O2/c1-3-6-17(16(20)21)7-9-19(10-8-17)15-5-4-13(2)11-14(15)12-18/h4-5,11H,3,6-10H2,1-2H3,(H,20,21). The molecule has 1 aromatic carbocycles. The molecule has 1 aliphatic heterocycles. The van der Waals surface area contributed by atoms with Crippen LogP contribution >= 0.6 is 0 Å². The number of aryl methyl sites for hydroxylation is 1. The van der Waals surface area contributed by atoms with Gasteiger partial charge in [-0.25, -0.2) is 0 Å². The fourth-order valence-corrected chi connectivity index (χ4v) is 3.24. The van der Waals surface area contributed by atoms with E-state index in [4.69, 9.17) is 0 Å². The van der Waals surface area contributed by atoms with Crippen molar-refractivity contribution < 1.29 is 9.90 Å². The second kappa shape index (κ2) is 6.17. The number of hydrogen-bond donors (Lipinski definition) is 1. The first-order valence-electron chi connectivity index (χ1n) is 7.51. The van der Waals surface area contributed by atoms with Crippen molar-refractivity contribution in [2.45, 2.75) is 39.5 Å². The molecule has 1 saturated heterocycles. The van der Waals surface area contributed by atoms with Crippen LogP contribution < -0.4 is 4.90 Å². The van der Waals surface area contributed by atoms with E-state index < -0.39 is 11.4 Å². The molecule has 0 atom stereocenters. The Morgan fingerprint density at radius 1 is 1.43 bits per heavy atom. The first kappa shape index (κ1) is 15.4. The van der Waals surface area contributed by atoms with Crippen molar-refractivity contribution in [2.75, 3.05) is 18.0 Å². The summed E-state index contributed by atoms with van der Waals surface area (Å²) in [4.78, 5) is 13.8. The first-order valence-corrected chi connectivity index (χ1v) is 7.51. The summed E-state index contributed by atoms with van der Waals surface area (Å²) in [5.41, 5.74) is 2.09. The number of carboxylic acid groups (broad SMARTS) is 1. The third-order valence-electron chi connectivity index (χ3n) is 4.52. The fraction of sp³-hybridized carbons (Fsp3) is 0.529. The summed E-state index contributed by atoms with van der Waals surface area (Å²) in [6.45, 7) is 5.40. The maximum absolute atomic E-state index is 11.6. The molecular weight excluding hydrogens is 264 g/mol. The molecule has 0 spiro atoms. The Hall–Kier alpha value is -2.02. The van der Waals surface area contributed by atoms with Gasteiger partial charge in [-0.05, 0) is 43.9 Å². The minimum atomic E-state index is -0.673. The molecule has 0 aliphatic carbocycles. The van der Waals surface area contributed by atoms with E-state index in [0.717, 1.165) is 24.1 Å². The second-order valence-corrected chi connectivity index (χ2v) is 5.95. The van der Waals surface area contributed by atoms with Crippen molar-refractivity contribution in [3.63, 3.8) is 0 Å². The molecule has 21 heavy (non-hydrogen) atoms. The van der Waals surface area contributed by atoms with Crippen molar-refractivity contribution in [1.82, 2.24) is 0 Å². The lowest BCUT2D eigenvalue weighted by Crippen LogP contribution is -2.44. The minimum absolute atomic E-state index is 0.581. The van der Waals surface area contributed by atoms with E-state index in [-0.39, 0.29) is 0 Å². The molecule has 4 heteroatoms. The molecule has 1 fully saturated rings. The molecule has 1 aliphatic rings. The molecule has 0 bridgehead atoms. The van der Waals surface area contributed by atoms with Gasteiger partial charge in [0.15, 0.2) is 0 Å². The highest BCUT2D eigenvalue weighted by atomic mass is 16.4. The van der Waals surface area contributed by atoms with Crippen LogP contribution in [-0.2, 0) is 4.79 Å². The Balaban J connectivity index is 2.18. The van der Waals surface area contributed by atoms with Gasteiger partial charge in [0.2, 0.25) is 0 Å². The molecule has 2 rings (SSSR count). The Bertz CT molecular complexity index is 567. The van der Waals surface area contributed by atoms with Crippen LogP contribution in [0.5, 0.6) is 0 Å². The molecule has 4 nitrogen and oxygen atoms in total. The van der Waals surface area contributed by atoms with E-state index in [9.17, 15) is 15.2 Å². The van der Waals surface area contributed by atoms with Crippen LogP contribution in [0.1, 0.15) is 43.7 Å². The Kier molecular flexibility index (Phi) is 4.52. The smallest absolute Gasteiger partial charge is 0.309 e. The van der Waals surface area contributed by atoms with E-state index in [0.29, 0.717) is 31.5 Å². The third-order valence-corrected chi connectivity index (χ3v) is 4.52. The number of hydrogen-bond acceptors (Lipinski definition) is 3. The van der Waals surface area contributed by atoms with Crippen molar-refractivity contribution in [3.8, 4) is 6.07 Å². The number of rotatable bonds is 4. The number of nitrogens with zero attached hydrogens (tertiary/aromatic N) is 2. The average molecular weight is 286 g/mol. The van der Waals surface area contributed by atoms with Gasteiger partial charge in [0, 0.05) is 13.1 Å². The van der Waals surface area contributed by atoms with Gasteiger partial charge < -0.3 is 10.0 Å². The molecule has 0 saturated carbocycles. The van der Waals surface area contributed by atoms with Crippen LogP contribution in [0.25, 0.3) is 0 Å². The van der Waals surface area contributed by atoms with Gasteiger partial charge in [0.05, 0.1) is 16.7 Å². The van der Waals surface area contributed by atoms with Gasteiger partial charge in [-0.3, -0.25) is 4.79 Å². The quantitative estimate of drug-likeness (QED) is 0.922. The van der Waals surface area contributed by atoms with Gasteiger partial charge in [-0.1, -0.05) is 19.4 Å². The van der Waals surface area contributed by atoms with Gasteiger partial charge >= 0.3 is 5.97 Å². The Morgan fingerprint density at radius 3 is 2.62 bits per heavy atom. The summed E-state index contributed by atoms with van der Waals surface area (Å²) in [5, 5.41) is 18.8. The summed E-state index contributed by atoms with van der Waals surface area (Å²) >= 11 is 0. The summed E-state index contributed by atoms with van der Waals surface area (Å²) < 4.78 is 0. The molecule has 1 N–H and O–H groups in total. The lowest BCUT2D eigenvalue weighted by molar-refractivity contribution is -0.150. The summed E-state index contributed by atoms with van der Waals surface area (Å²) in [7, 11) is 0. The zero-order chi connectivity index (χ0) is 15.5. The number of carboxylic acids is 1. The fourth-order valence-electron chi connectivity index (χ4n) is 3.24. The molecule has 0 unspecified atom stereocenters. The molecule has 112 valence electrons. The van der Waals surface area contributed by atoms with E-state index in [1.807, 2.05) is 32.0 Å². The maximum Gasteiger partial charge on any atom is 0.309 e. The van der Waals surface area contributed by atoms with Gasteiger partial charge in [-0.2, -0.15) is 5.26 Å². The van der Waals surface area contributed by atoms with Crippen LogP contribution in [-0.4, -0.2) is 24.2 Å². The van der Waals surface area contributed by atoms with Crippen LogP contribution in [0.15, 0.2) is 18.2 Å². The minimum Gasteiger partial charge on any atom is -0.481 e. The van der Waals surface area contributed by atoms with Crippen LogP contribution in [0.3, 0.4) is 0 Å². The maximum atomic E-state index is 11.6. The Morgan fingerprint density at radius 2 is 2.10 bits per heavy atom. The number of nitriles is 1. The van der Waals surface area contributed by atoms with E-state index in [1.165, 1.54) is 0 Å². The van der Waals surface area contributed by atoms with Gasteiger partial charge in [-0.15, -0.1) is 0 Å². The lowest BCUT2D eigenvalue weighted by Gasteiger charge is -2.40. The molecule has 0 aromatic heterocycles. The van der Waals surface area contributed by atoms with Crippen molar-refractivity contribution in [1.29, 1.82) is 5.26 Å². The van der Waals surface area contributed by atoms with Gasteiger partial charge in [0.25, 0.3) is 0 Å². The topological polar surface area (TPSA) is 64.3 Å². The number of benzene rings is 1. The molecular formula is C17H22N2O2. The highest BCUT2D eigenvalue weighted by Gasteiger charge is 2.40. The summed E-state index contributed by atoms with van der Waals surface area (Å²) in [6.07, 6.45) is 2.92. The number of carbonyl (C=O) groups is 1. The summed E-state index contributed by atoms with van der Waals surface area (Å²) in [6, 6.07) is 8.11. The van der Waals surface area contributed by atoms with Crippen molar-refractivity contribution >= 4 is 11.7 Å². The van der Waals surface area contributed by atoms with Crippen LogP contribution in [0.2, 0.25) is 0 Å². The lowest BCUT2D eigenvalue weighted by atomic mass is 9.75. The number of piperidine rings is 1. The first-order chi connectivity index (χ1) is 10.0. The predicted octanol–water partition coefficient (Wildman–Crippen LogP) is 3.34. The van der Waals surface area contributed by atoms with E-state index in [2.05, 4.69) is 11.0 Å². The Labute approximate surface area is 126 Å². The van der Waals surface area contributed by atoms with E-state index >= 15 is 0 Å².